The molecule has 1 aromatic heterocycles. The Morgan fingerprint density at radius 2 is 1.65 bits per heavy atom. The number of rotatable bonds is 6. The Morgan fingerprint density at radius 1 is 0.919 bits per heavy atom. The van der Waals surface area contributed by atoms with Gasteiger partial charge in [-0.2, -0.15) is 4.72 Å². The highest BCUT2D eigenvalue weighted by molar-refractivity contribution is 7.89. The average molecular weight is 523 g/mol. The van der Waals surface area contributed by atoms with Crippen LogP contribution in [0.15, 0.2) is 76.2 Å². The van der Waals surface area contributed by atoms with E-state index in [1.165, 1.54) is 18.4 Å². The van der Waals surface area contributed by atoms with Crippen LogP contribution in [0.4, 0.5) is 5.69 Å². The lowest BCUT2D eigenvalue weighted by molar-refractivity contribution is -0.134. The predicted octanol–water partition coefficient (Wildman–Crippen LogP) is 2.17. The second kappa shape index (κ2) is 10.2. The van der Waals surface area contributed by atoms with Crippen LogP contribution in [0.3, 0.4) is 0 Å². The van der Waals surface area contributed by atoms with Gasteiger partial charge in [-0.05, 0) is 47.9 Å². The molecule has 0 spiro atoms. The minimum absolute atomic E-state index is 0.0185. The van der Waals surface area contributed by atoms with E-state index in [9.17, 15) is 22.8 Å². The highest BCUT2D eigenvalue weighted by Crippen LogP contribution is 2.27. The molecule has 0 unspecified atom stereocenters. The topological polar surface area (TPSA) is 129 Å². The maximum atomic E-state index is 13.6. The van der Waals surface area contributed by atoms with E-state index in [1.54, 1.807) is 58.3 Å². The molecule has 0 saturated carbocycles. The van der Waals surface area contributed by atoms with Crippen LogP contribution >= 0.6 is 0 Å². The zero-order valence-electron chi connectivity index (χ0n) is 19.9. The highest BCUT2D eigenvalue weighted by atomic mass is 32.2. The Bertz CT molecular complexity index is 1410. The Morgan fingerprint density at radius 3 is 2.35 bits per heavy atom. The lowest BCUT2D eigenvalue weighted by Crippen LogP contribution is -2.53. The van der Waals surface area contributed by atoms with Crippen molar-refractivity contribution < 1.29 is 27.2 Å². The fourth-order valence-corrected chi connectivity index (χ4v) is 5.75. The van der Waals surface area contributed by atoms with Crippen LogP contribution in [0.2, 0.25) is 0 Å². The fraction of sp³-hybridized carbons (Fsp3) is 0.269. The van der Waals surface area contributed by atoms with Gasteiger partial charge in [0, 0.05) is 38.3 Å². The molecule has 1 atom stereocenters. The molecule has 192 valence electrons. The van der Waals surface area contributed by atoms with Gasteiger partial charge in [-0.1, -0.05) is 30.3 Å². The predicted molar refractivity (Wildman–Crippen MR) is 134 cm³/mol. The first-order valence-electron chi connectivity index (χ1n) is 11.9. The third kappa shape index (κ3) is 5.27. The first-order valence-corrected chi connectivity index (χ1v) is 13.4. The number of sulfonamides is 1. The number of hydrogen-bond acceptors (Lipinski definition) is 6. The largest absolute Gasteiger partial charge is 0.459 e. The standard InChI is InChI=1S/C26H26N4O6S/c31-23-11-8-19-17-20(9-10-21(19)27-23)37(34,35)28-24(18-5-2-1-3-6-18)26(33)30-14-12-29(13-15-30)25(32)22-7-4-16-36-22/h1-7,9-10,16-17,24,28H,8,11-15H2,(H,27,31)/t24-/m0/s1. The molecule has 2 aromatic carbocycles. The second-order valence-corrected chi connectivity index (χ2v) is 10.6. The fourth-order valence-electron chi connectivity index (χ4n) is 4.53. The van der Waals surface area contributed by atoms with Crippen molar-refractivity contribution in [2.24, 2.45) is 0 Å². The number of piperazine rings is 1. The molecule has 0 aliphatic carbocycles. The number of nitrogens with one attached hydrogen (secondary N) is 2. The normalized spacial score (nSPS) is 16.6. The lowest BCUT2D eigenvalue weighted by Gasteiger charge is -2.36. The molecule has 3 aromatic rings. The van der Waals surface area contributed by atoms with Gasteiger partial charge in [0.15, 0.2) is 5.76 Å². The number of furan rings is 1. The van der Waals surface area contributed by atoms with Crippen molar-refractivity contribution in [3.63, 3.8) is 0 Å². The van der Waals surface area contributed by atoms with E-state index in [4.69, 9.17) is 4.42 Å². The summed E-state index contributed by atoms with van der Waals surface area (Å²) in [5, 5.41) is 2.74. The van der Waals surface area contributed by atoms with E-state index in [1.807, 2.05) is 0 Å². The van der Waals surface area contributed by atoms with Crippen LogP contribution in [0.25, 0.3) is 0 Å². The molecule has 10 nitrogen and oxygen atoms in total. The first kappa shape index (κ1) is 24.7. The van der Waals surface area contributed by atoms with Gasteiger partial charge in [-0.25, -0.2) is 8.42 Å². The van der Waals surface area contributed by atoms with E-state index in [-0.39, 0.29) is 42.0 Å². The van der Waals surface area contributed by atoms with Crippen LogP contribution in [-0.2, 0) is 26.0 Å². The number of fused-ring (bicyclic) bond motifs is 1. The van der Waals surface area contributed by atoms with Crippen molar-refractivity contribution in [3.05, 3.63) is 83.8 Å². The zero-order chi connectivity index (χ0) is 26.0. The minimum Gasteiger partial charge on any atom is -0.459 e. The highest BCUT2D eigenvalue weighted by Gasteiger charge is 2.34. The molecule has 1 fully saturated rings. The number of hydrogen-bond donors (Lipinski definition) is 2. The molecule has 5 rings (SSSR count). The van der Waals surface area contributed by atoms with Gasteiger partial charge in [-0.15, -0.1) is 0 Å². The molecular formula is C26H26N4O6S. The summed E-state index contributed by atoms with van der Waals surface area (Å²) in [6.45, 7) is 1.12. The maximum absolute atomic E-state index is 13.6. The molecule has 0 radical (unpaired) electrons. The van der Waals surface area contributed by atoms with Gasteiger partial charge in [0.1, 0.15) is 6.04 Å². The summed E-state index contributed by atoms with van der Waals surface area (Å²) in [5.74, 6) is -0.521. The number of carbonyl (C=O) groups is 3. The van der Waals surface area contributed by atoms with Crippen LogP contribution in [0, 0.1) is 0 Å². The van der Waals surface area contributed by atoms with Gasteiger partial charge in [0.25, 0.3) is 5.91 Å². The van der Waals surface area contributed by atoms with E-state index in [0.29, 0.717) is 30.8 Å². The monoisotopic (exact) mass is 522 g/mol. The number of nitrogens with zero attached hydrogens (tertiary/aromatic N) is 2. The van der Waals surface area contributed by atoms with E-state index in [0.717, 1.165) is 5.56 Å². The summed E-state index contributed by atoms with van der Waals surface area (Å²) < 4.78 is 34.6. The summed E-state index contributed by atoms with van der Waals surface area (Å²) in [5.41, 5.74) is 1.82. The van der Waals surface area contributed by atoms with E-state index in [2.05, 4.69) is 10.0 Å². The molecule has 11 heteroatoms. The molecular weight excluding hydrogens is 496 g/mol. The molecule has 0 bridgehead atoms. The molecule has 1 saturated heterocycles. The number of benzene rings is 2. The third-order valence-electron chi connectivity index (χ3n) is 6.55. The van der Waals surface area contributed by atoms with Crippen molar-refractivity contribution in [1.82, 2.24) is 14.5 Å². The van der Waals surface area contributed by atoms with Gasteiger partial charge in [0.2, 0.25) is 21.8 Å². The number of anilines is 1. The second-order valence-electron chi connectivity index (χ2n) is 8.93. The Balaban J connectivity index is 1.34. The zero-order valence-corrected chi connectivity index (χ0v) is 20.7. The SMILES string of the molecule is O=C1CCc2cc(S(=O)(=O)N[C@H](C(=O)N3CCN(C(=O)c4ccco4)CC3)c3ccccc3)ccc2N1. The molecule has 2 aliphatic heterocycles. The minimum atomic E-state index is -4.08. The smallest absolute Gasteiger partial charge is 0.289 e. The van der Waals surface area contributed by atoms with E-state index < -0.39 is 22.0 Å². The maximum Gasteiger partial charge on any atom is 0.289 e. The third-order valence-corrected chi connectivity index (χ3v) is 7.97. The van der Waals surface area contributed by atoms with Crippen LogP contribution in [0.5, 0.6) is 0 Å². The summed E-state index contributed by atoms with van der Waals surface area (Å²) >= 11 is 0. The Kier molecular flexibility index (Phi) is 6.81. The summed E-state index contributed by atoms with van der Waals surface area (Å²) in [4.78, 5) is 41.0. The van der Waals surface area contributed by atoms with Gasteiger partial charge < -0.3 is 19.5 Å². The van der Waals surface area contributed by atoms with Crippen molar-refractivity contribution in [2.75, 3.05) is 31.5 Å². The summed E-state index contributed by atoms with van der Waals surface area (Å²) in [7, 11) is -4.08. The number of amides is 3. The van der Waals surface area contributed by atoms with Crippen LogP contribution in [0.1, 0.15) is 34.1 Å². The van der Waals surface area contributed by atoms with E-state index >= 15 is 0 Å². The summed E-state index contributed by atoms with van der Waals surface area (Å²) in [6, 6.07) is 15.3. The van der Waals surface area contributed by atoms with Crippen molar-refractivity contribution in [2.45, 2.75) is 23.8 Å². The van der Waals surface area contributed by atoms with Crippen LogP contribution < -0.4 is 10.0 Å². The molecule has 2 N–H and O–H groups in total. The molecule has 3 heterocycles. The van der Waals surface area contributed by atoms with Crippen molar-refractivity contribution >= 4 is 33.4 Å². The quantitative estimate of drug-likeness (QED) is 0.511. The van der Waals surface area contributed by atoms with Gasteiger partial charge in [-0.3, -0.25) is 14.4 Å². The summed E-state index contributed by atoms with van der Waals surface area (Å²) in [6.07, 6.45) is 2.15. The Labute approximate surface area is 214 Å². The lowest BCUT2D eigenvalue weighted by atomic mass is 10.0. The van der Waals surface area contributed by atoms with Crippen LogP contribution in [-0.4, -0.2) is 62.1 Å². The molecule has 2 aliphatic rings. The first-order chi connectivity index (χ1) is 17.8. The van der Waals surface area contributed by atoms with Gasteiger partial charge in [0.05, 0.1) is 11.2 Å². The Hall–Kier alpha value is -3.96. The number of aryl methyl sites for hydroxylation is 1. The molecule has 3 amide bonds. The average Bonchev–Trinajstić information content (AvgIpc) is 3.46. The van der Waals surface area contributed by atoms with Crippen molar-refractivity contribution in [1.29, 1.82) is 0 Å². The molecule has 37 heavy (non-hydrogen) atoms. The number of carbonyl (C=O) groups excluding carboxylic acids is 3. The van der Waals surface area contributed by atoms with Crippen molar-refractivity contribution in [3.8, 4) is 0 Å². The van der Waals surface area contributed by atoms with Gasteiger partial charge >= 0.3 is 0 Å².